The highest BCUT2D eigenvalue weighted by Gasteiger charge is 2.25. The van der Waals surface area contributed by atoms with Crippen molar-refractivity contribution in [3.05, 3.63) is 65.7 Å². The van der Waals surface area contributed by atoms with Gasteiger partial charge in [-0.05, 0) is 36.6 Å². The second-order valence-corrected chi connectivity index (χ2v) is 9.41. The van der Waals surface area contributed by atoms with Crippen LogP contribution in [-0.4, -0.2) is 13.4 Å². The van der Waals surface area contributed by atoms with Crippen molar-refractivity contribution < 1.29 is 12.8 Å². The number of aryl methyl sites for hydroxylation is 1. The third kappa shape index (κ3) is 4.57. The standard InChI is InChI=1S/C23H27N3O3S/c1-16-26-22(18-10-6-3-7-11-18)23(29-16)19-12-13-21(30(24,27)28)20(14-19)25-15-17-8-4-2-5-9-17/h2,4-5,8-9,12-14,18,25H,3,6-7,10-11,15H2,1H3,(H2,24,27,28). The molecule has 1 aliphatic rings. The summed E-state index contributed by atoms with van der Waals surface area (Å²) in [6, 6.07) is 14.9. The highest BCUT2D eigenvalue weighted by molar-refractivity contribution is 7.89. The van der Waals surface area contributed by atoms with Gasteiger partial charge in [-0.3, -0.25) is 0 Å². The number of primary sulfonamides is 1. The molecule has 0 amide bonds. The van der Waals surface area contributed by atoms with Crippen LogP contribution < -0.4 is 10.5 Å². The number of nitrogens with two attached hydrogens (primary N) is 1. The van der Waals surface area contributed by atoms with Crippen LogP contribution in [0.3, 0.4) is 0 Å². The molecule has 1 heterocycles. The van der Waals surface area contributed by atoms with Gasteiger partial charge in [-0.15, -0.1) is 0 Å². The molecule has 4 rings (SSSR count). The third-order valence-electron chi connectivity index (χ3n) is 5.63. The van der Waals surface area contributed by atoms with E-state index in [9.17, 15) is 8.42 Å². The van der Waals surface area contributed by atoms with Crippen molar-refractivity contribution in [2.45, 2.75) is 56.4 Å². The molecule has 3 N–H and O–H groups in total. The monoisotopic (exact) mass is 425 g/mol. The Hall–Kier alpha value is -2.64. The van der Waals surface area contributed by atoms with Crippen molar-refractivity contribution in [2.75, 3.05) is 5.32 Å². The van der Waals surface area contributed by atoms with Gasteiger partial charge in [0, 0.05) is 24.9 Å². The highest BCUT2D eigenvalue weighted by Crippen LogP contribution is 2.39. The van der Waals surface area contributed by atoms with Gasteiger partial charge < -0.3 is 9.73 Å². The van der Waals surface area contributed by atoms with E-state index < -0.39 is 10.0 Å². The van der Waals surface area contributed by atoms with Crippen LogP contribution in [0.4, 0.5) is 5.69 Å². The number of hydrogen-bond donors (Lipinski definition) is 2. The molecule has 1 fully saturated rings. The van der Waals surface area contributed by atoms with Gasteiger partial charge in [-0.1, -0.05) is 49.6 Å². The Kier molecular flexibility index (Phi) is 5.92. The van der Waals surface area contributed by atoms with E-state index in [1.54, 1.807) is 18.2 Å². The summed E-state index contributed by atoms with van der Waals surface area (Å²) in [6.07, 6.45) is 5.87. The molecule has 0 bridgehead atoms. The first-order valence-corrected chi connectivity index (χ1v) is 11.9. The van der Waals surface area contributed by atoms with Gasteiger partial charge in [0.1, 0.15) is 4.90 Å². The molecule has 3 aromatic rings. The summed E-state index contributed by atoms with van der Waals surface area (Å²) in [5.74, 6) is 1.73. The van der Waals surface area contributed by atoms with Crippen molar-refractivity contribution in [3.8, 4) is 11.3 Å². The quantitative estimate of drug-likeness (QED) is 0.582. The van der Waals surface area contributed by atoms with Gasteiger partial charge in [-0.2, -0.15) is 0 Å². The number of nitrogens with zero attached hydrogens (tertiary/aromatic N) is 1. The smallest absolute Gasteiger partial charge is 0.240 e. The summed E-state index contributed by atoms with van der Waals surface area (Å²) < 4.78 is 30.2. The lowest BCUT2D eigenvalue weighted by Crippen LogP contribution is -2.15. The molecule has 0 aliphatic heterocycles. The zero-order chi connectivity index (χ0) is 21.1. The molecule has 1 aromatic heterocycles. The minimum atomic E-state index is -3.87. The van der Waals surface area contributed by atoms with Crippen LogP contribution >= 0.6 is 0 Å². The van der Waals surface area contributed by atoms with Crippen LogP contribution in [0.5, 0.6) is 0 Å². The van der Waals surface area contributed by atoms with Gasteiger partial charge >= 0.3 is 0 Å². The predicted molar refractivity (Wildman–Crippen MR) is 118 cm³/mol. The van der Waals surface area contributed by atoms with Crippen LogP contribution in [0.1, 0.15) is 55.2 Å². The second kappa shape index (κ2) is 8.62. The third-order valence-corrected chi connectivity index (χ3v) is 6.60. The molecule has 30 heavy (non-hydrogen) atoms. The molecule has 158 valence electrons. The molecular formula is C23H27N3O3S. The van der Waals surface area contributed by atoms with Crippen LogP contribution in [0.25, 0.3) is 11.3 Å². The van der Waals surface area contributed by atoms with Crippen LogP contribution in [0, 0.1) is 6.92 Å². The van der Waals surface area contributed by atoms with E-state index in [0.717, 1.165) is 35.4 Å². The van der Waals surface area contributed by atoms with E-state index in [1.807, 2.05) is 37.3 Å². The number of nitrogens with one attached hydrogen (secondary N) is 1. The van der Waals surface area contributed by atoms with Gasteiger partial charge in [0.05, 0.1) is 11.4 Å². The topological polar surface area (TPSA) is 98.2 Å². The van der Waals surface area contributed by atoms with Crippen LogP contribution in [-0.2, 0) is 16.6 Å². The minimum Gasteiger partial charge on any atom is -0.441 e. The highest BCUT2D eigenvalue weighted by atomic mass is 32.2. The fourth-order valence-electron chi connectivity index (χ4n) is 4.15. The fraction of sp³-hybridized carbons (Fsp3) is 0.348. The van der Waals surface area contributed by atoms with Crippen molar-refractivity contribution in [2.24, 2.45) is 5.14 Å². The Bertz CT molecular complexity index is 1120. The Labute approximate surface area is 177 Å². The lowest BCUT2D eigenvalue weighted by atomic mass is 9.85. The molecule has 0 unspecified atom stereocenters. The largest absolute Gasteiger partial charge is 0.441 e. The molecular weight excluding hydrogens is 398 g/mol. The van der Waals surface area contributed by atoms with E-state index in [2.05, 4.69) is 10.3 Å². The Morgan fingerprint density at radius 3 is 2.53 bits per heavy atom. The van der Waals surface area contributed by atoms with E-state index in [-0.39, 0.29) is 4.90 Å². The fourth-order valence-corrected chi connectivity index (χ4v) is 4.85. The summed E-state index contributed by atoms with van der Waals surface area (Å²) in [4.78, 5) is 4.74. The molecule has 0 saturated heterocycles. The van der Waals surface area contributed by atoms with Gasteiger partial charge in [0.2, 0.25) is 10.0 Å². The van der Waals surface area contributed by atoms with E-state index in [4.69, 9.17) is 9.56 Å². The Morgan fingerprint density at radius 1 is 1.10 bits per heavy atom. The number of sulfonamides is 1. The first-order valence-electron chi connectivity index (χ1n) is 10.3. The maximum absolute atomic E-state index is 12.1. The Morgan fingerprint density at radius 2 is 1.83 bits per heavy atom. The van der Waals surface area contributed by atoms with Gasteiger partial charge in [0.15, 0.2) is 11.7 Å². The molecule has 7 heteroatoms. The molecule has 0 radical (unpaired) electrons. The van der Waals surface area contributed by atoms with Gasteiger partial charge in [0.25, 0.3) is 0 Å². The predicted octanol–water partition coefficient (Wildman–Crippen LogP) is 4.96. The Balaban J connectivity index is 1.71. The number of rotatable bonds is 6. The number of anilines is 1. The molecule has 2 aromatic carbocycles. The average molecular weight is 426 g/mol. The van der Waals surface area contributed by atoms with E-state index in [0.29, 0.717) is 24.0 Å². The molecule has 1 aliphatic carbocycles. The summed E-state index contributed by atoms with van der Waals surface area (Å²) >= 11 is 0. The number of benzene rings is 2. The lowest BCUT2D eigenvalue weighted by Gasteiger charge is -2.20. The number of aromatic nitrogens is 1. The van der Waals surface area contributed by atoms with Crippen molar-refractivity contribution in [3.63, 3.8) is 0 Å². The molecule has 0 atom stereocenters. The summed E-state index contributed by atoms with van der Waals surface area (Å²) in [6.45, 7) is 2.33. The van der Waals surface area contributed by atoms with Crippen molar-refractivity contribution >= 4 is 15.7 Å². The maximum Gasteiger partial charge on any atom is 0.240 e. The van der Waals surface area contributed by atoms with Crippen molar-refractivity contribution in [1.29, 1.82) is 0 Å². The summed E-state index contributed by atoms with van der Waals surface area (Å²) in [5.41, 5.74) is 3.29. The van der Waals surface area contributed by atoms with Crippen LogP contribution in [0.2, 0.25) is 0 Å². The minimum absolute atomic E-state index is 0.0673. The summed E-state index contributed by atoms with van der Waals surface area (Å²) in [5, 5.41) is 8.69. The van der Waals surface area contributed by atoms with Gasteiger partial charge in [-0.25, -0.2) is 18.5 Å². The van der Waals surface area contributed by atoms with Crippen LogP contribution in [0.15, 0.2) is 57.8 Å². The average Bonchev–Trinajstić information content (AvgIpc) is 3.14. The number of oxazole rings is 1. The normalized spacial score (nSPS) is 15.3. The zero-order valence-corrected chi connectivity index (χ0v) is 17.9. The second-order valence-electron chi connectivity index (χ2n) is 7.88. The first-order chi connectivity index (χ1) is 14.4. The summed E-state index contributed by atoms with van der Waals surface area (Å²) in [7, 11) is -3.87. The first kappa shape index (κ1) is 20.6. The molecule has 1 saturated carbocycles. The van der Waals surface area contributed by atoms with E-state index >= 15 is 0 Å². The van der Waals surface area contributed by atoms with E-state index in [1.165, 1.54) is 19.3 Å². The molecule has 6 nitrogen and oxygen atoms in total. The molecule has 0 spiro atoms. The zero-order valence-electron chi connectivity index (χ0n) is 17.1. The lowest BCUT2D eigenvalue weighted by molar-refractivity contribution is 0.437. The number of hydrogen-bond acceptors (Lipinski definition) is 5. The van der Waals surface area contributed by atoms with Crippen molar-refractivity contribution in [1.82, 2.24) is 4.98 Å². The maximum atomic E-state index is 12.1. The SMILES string of the molecule is Cc1nc(C2CCCCC2)c(-c2ccc(S(N)(=O)=O)c(NCc3ccccc3)c2)o1.